The molecule has 0 aromatic heterocycles. The number of sulfone groups is 1. The Morgan fingerprint density at radius 1 is 1.03 bits per heavy atom. The first-order valence-corrected chi connectivity index (χ1v) is 11.8. The van der Waals surface area contributed by atoms with Gasteiger partial charge in [-0.3, -0.25) is 4.79 Å². The summed E-state index contributed by atoms with van der Waals surface area (Å²) in [5, 5.41) is 0.0617. The van der Waals surface area contributed by atoms with Crippen LogP contribution in [0.4, 0.5) is 0 Å². The van der Waals surface area contributed by atoms with E-state index >= 15 is 0 Å². The van der Waals surface area contributed by atoms with Gasteiger partial charge in [-0.05, 0) is 42.5 Å². The van der Waals surface area contributed by atoms with E-state index in [-0.39, 0.29) is 21.3 Å². The molecular weight excluding hydrogens is 412 g/mol. The van der Waals surface area contributed by atoms with Crippen molar-refractivity contribution in [2.75, 3.05) is 12.9 Å². The van der Waals surface area contributed by atoms with Gasteiger partial charge in [0.15, 0.2) is 22.2 Å². The summed E-state index contributed by atoms with van der Waals surface area (Å²) in [6, 6.07) is 11.3. The molecule has 1 aliphatic carbocycles. The molecule has 0 aliphatic heterocycles. The second kappa shape index (κ2) is 9.09. The molecule has 0 unspecified atom stereocenters. The summed E-state index contributed by atoms with van der Waals surface area (Å²) >= 11 is 5.98. The lowest BCUT2D eigenvalue weighted by atomic mass is 9.84. The van der Waals surface area contributed by atoms with Crippen LogP contribution < -0.4 is 0 Å². The Balaban J connectivity index is 1.64. The molecule has 0 radical (unpaired) electrons. The SMILES string of the molecule is CS(=O)(=O)c1ccc(Cl)c(C(=O)OCC(=O)c2ccc(C3CCCCC3)cc2)c1. The predicted octanol–water partition coefficient (Wildman–Crippen LogP) is 4.83. The fraction of sp³-hybridized carbons (Fsp3) is 0.364. The van der Waals surface area contributed by atoms with E-state index in [1.165, 1.54) is 49.8 Å². The van der Waals surface area contributed by atoms with Gasteiger partial charge in [-0.15, -0.1) is 0 Å². The van der Waals surface area contributed by atoms with E-state index in [9.17, 15) is 18.0 Å². The molecule has 0 amide bonds. The molecule has 2 aromatic rings. The number of rotatable bonds is 6. The molecule has 1 saturated carbocycles. The largest absolute Gasteiger partial charge is 0.454 e. The normalized spacial score (nSPS) is 15.1. The zero-order chi connectivity index (χ0) is 21.0. The Kier molecular flexibility index (Phi) is 6.75. The topological polar surface area (TPSA) is 77.5 Å². The van der Waals surface area contributed by atoms with E-state index in [0.29, 0.717) is 11.5 Å². The molecule has 0 heterocycles. The predicted molar refractivity (Wildman–Crippen MR) is 111 cm³/mol. The number of halogens is 1. The van der Waals surface area contributed by atoms with Crippen LogP contribution in [-0.4, -0.2) is 33.0 Å². The van der Waals surface area contributed by atoms with Crippen LogP contribution in [0.3, 0.4) is 0 Å². The molecular formula is C22H23ClO5S. The highest BCUT2D eigenvalue weighted by Crippen LogP contribution is 2.32. The van der Waals surface area contributed by atoms with Crippen LogP contribution >= 0.6 is 11.6 Å². The lowest BCUT2D eigenvalue weighted by Gasteiger charge is -2.22. The Hall–Kier alpha value is -2.18. The van der Waals surface area contributed by atoms with Gasteiger partial charge in [0.2, 0.25) is 0 Å². The highest BCUT2D eigenvalue weighted by molar-refractivity contribution is 7.90. The van der Waals surface area contributed by atoms with Crippen LogP contribution in [0.2, 0.25) is 5.02 Å². The van der Waals surface area contributed by atoms with Gasteiger partial charge in [0, 0.05) is 11.8 Å². The van der Waals surface area contributed by atoms with Gasteiger partial charge in [-0.2, -0.15) is 0 Å². The molecule has 7 heteroatoms. The molecule has 0 spiro atoms. The van der Waals surface area contributed by atoms with Gasteiger partial charge < -0.3 is 4.74 Å². The quantitative estimate of drug-likeness (QED) is 0.480. The van der Waals surface area contributed by atoms with Gasteiger partial charge >= 0.3 is 5.97 Å². The van der Waals surface area contributed by atoms with Gasteiger partial charge in [0.05, 0.1) is 15.5 Å². The Labute approximate surface area is 175 Å². The van der Waals surface area contributed by atoms with Crippen molar-refractivity contribution in [3.8, 4) is 0 Å². The third kappa shape index (κ3) is 5.46. The molecule has 0 atom stereocenters. The van der Waals surface area contributed by atoms with Crippen LogP contribution in [0.25, 0.3) is 0 Å². The van der Waals surface area contributed by atoms with Crippen molar-refractivity contribution in [3.63, 3.8) is 0 Å². The van der Waals surface area contributed by atoms with Crippen molar-refractivity contribution in [2.24, 2.45) is 0 Å². The minimum atomic E-state index is -3.50. The second-order valence-corrected chi connectivity index (χ2v) is 9.79. The summed E-state index contributed by atoms with van der Waals surface area (Å²) in [5.74, 6) is -0.619. The molecule has 0 bridgehead atoms. The standard InChI is InChI=1S/C22H23ClO5S/c1-29(26,27)18-11-12-20(23)19(13-18)22(25)28-14-21(24)17-9-7-16(8-10-17)15-5-3-2-4-6-15/h7-13,15H,2-6,14H2,1H3. The summed E-state index contributed by atoms with van der Waals surface area (Å²) in [7, 11) is -3.50. The van der Waals surface area contributed by atoms with E-state index in [1.807, 2.05) is 12.1 Å². The summed E-state index contributed by atoms with van der Waals surface area (Å²) in [6.45, 7) is -0.443. The first-order valence-electron chi connectivity index (χ1n) is 9.55. The molecule has 29 heavy (non-hydrogen) atoms. The van der Waals surface area contributed by atoms with E-state index < -0.39 is 22.4 Å². The number of carbonyl (C=O) groups excluding carboxylic acids is 2. The van der Waals surface area contributed by atoms with Crippen molar-refractivity contribution in [2.45, 2.75) is 42.9 Å². The van der Waals surface area contributed by atoms with Crippen LogP contribution in [0.15, 0.2) is 47.4 Å². The molecule has 0 saturated heterocycles. The minimum absolute atomic E-state index is 0.0431. The van der Waals surface area contributed by atoms with E-state index in [4.69, 9.17) is 16.3 Å². The number of hydrogen-bond acceptors (Lipinski definition) is 5. The minimum Gasteiger partial charge on any atom is -0.454 e. The van der Waals surface area contributed by atoms with Gasteiger partial charge in [-0.1, -0.05) is 55.1 Å². The smallest absolute Gasteiger partial charge is 0.340 e. The number of esters is 1. The van der Waals surface area contributed by atoms with Crippen molar-refractivity contribution < 1.29 is 22.7 Å². The number of hydrogen-bond donors (Lipinski definition) is 0. The van der Waals surface area contributed by atoms with Gasteiger partial charge in [0.25, 0.3) is 0 Å². The lowest BCUT2D eigenvalue weighted by molar-refractivity contribution is 0.0474. The number of ketones is 1. The third-order valence-electron chi connectivity index (χ3n) is 5.23. The Morgan fingerprint density at radius 3 is 2.31 bits per heavy atom. The first kappa shape index (κ1) is 21.5. The van der Waals surface area contributed by atoms with Crippen molar-refractivity contribution in [3.05, 3.63) is 64.2 Å². The molecule has 154 valence electrons. The Bertz CT molecular complexity index is 1010. The second-order valence-electron chi connectivity index (χ2n) is 7.37. The monoisotopic (exact) mass is 434 g/mol. The number of carbonyl (C=O) groups is 2. The molecule has 1 fully saturated rings. The summed E-state index contributed by atoms with van der Waals surface area (Å²) in [4.78, 5) is 24.6. The summed E-state index contributed by atoms with van der Waals surface area (Å²) < 4.78 is 28.4. The first-order chi connectivity index (χ1) is 13.8. The Morgan fingerprint density at radius 2 is 1.69 bits per heavy atom. The fourth-order valence-corrected chi connectivity index (χ4v) is 4.40. The van der Waals surface area contributed by atoms with Crippen LogP contribution in [-0.2, 0) is 14.6 Å². The van der Waals surface area contributed by atoms with Crippen LogP contribution in [0, 0.1) is 0 Å². The van der Waals surface area contributed by atoms with Gasteiger partial charge in [-0.25, -0.2) is 13.2 Å². The number of ether oxygens (including phenoxy) is 1. The summed E-state index contributed by atoms with van der Waals surface area (Å²) in [6.07, 6.45) is 7.16. The zero-order valence-corrected chi connectivity index (χ0v) is 17.8. The lowest BCUT2D eigenvalue weighted by Crippen LogP contribution is -2.15. The van der Waals surface area contributed by atoms with E-state index in [1.54, 1.807) is 12.1 Å². The maximum atomic E-state index is 12.4. The third-order valence-corrected chi connectivity index (χ3v) is 6.67. The highest BCUT2D eigenvalue weighted by atomic mass is 35.5. The van der Waals surface area contributed by atoms with E-state index in [0.717, 1.165) is 12.3 Å². The molecule has 2 aromatic carbocycles. The average molecular weight is 435 g/mol. The van der Waals surface area contributed by atoms with Crippen LogP contribution in [0.1, 0.15) is 64.3 Å². The van der Waals surface area contributed by atoms with Crippen molar-refractivity contribution >= 4 is 33.2 Å². The molecule has 1 aliphatic rings. The van der Waals surface area contributed by atoms with Crippen LogP contribution in [0.5, 0.6) is 0 Å². The average Bonchev–Trinajstić information content (AvgIpc) is 2.72. The maximum absolute atomic E-state index is 12.4. The van der Waals surface area contributed by atoms with Gasteiger partial charge in [0.1, 0.15) is 0 Å². The molecule has 0 N–H and O–H groups in total. The summed E-state index contributed by atoms with van der Waals surface area (Å²) in [5.41, 5.74) is 1.62. The van der Waals surface area contributed by atoms with Crippen molar-refractivity contribution in [1.82, 2.24) is 0 Å². The highest BCUT2D eigenvalue weighted by Gasteiger charge is 2.19. The van der Waals surface area contributed by atoms with E-state index in [2.05, 4.69) is 0 Å². The number of benzene rings is 2. The number of Topliss-reactive ketones (excluding diaryl/α,β-unsaturated/α-hetero) is 1. The fourth-order valence-electron chi connectivity index (χ4n) is 3.56. The molecule has 3 rings (SSSR count). The zero-order valence-electron chi connectivity index (χ0n) is 16.2. The van der Waals surface area contributed by atoms with Crippen molar-refractivity contribution in [1.29, 1.82) is 0 Å². The molecule has 5 nitrogen and oxygen atoms in total. The maximum Gasteiger partial charge on any atom is 0.340 e.